The Labute approximate surface area is 206 Å². The van der Waals surface area contributed by atoms with E-state index in [-0.39, 0.29) is 36.4 Å². The van der Waals surface area contributed by atoms with Crippen LogP contribution in [-0.2, 0) is 38.6 Å². The number of piperazine rings is 1. The largest absolute Gasteiger partial charge is 0.481 e. The molecular formula is C24H26F4N2O5S. The summed E-state index contributed by atoms with van der Waals surface area (Å²) in [7, 11) is -4.02. The zero-order valence-corrected chi connectivity index (χ0v) is 20.7. The highest BCUT2D eigenvalue weighted by Gasteiger charge is 2.40. The topological polar surface area (TPSA) is 95.0 Å². The number of halogens is 4. The molecule has 1 heterocycles. The Morgan fingerprint density at radius 3 is 2.17 bits per heavy atom. The Morgan fingerprint density at radius 2 is 1.64 bits per heavy atom. The summed E-state index contributed by atoms with van der Waals surface area (Å²) in [6.07, 6.45) is -5.50. The van der Waals surface area contributed by atoms with E-state index in [0.717, 1.165) is 6.07 Å². The van der Waals surface area contributed by atoms with Crippen molar-refractivity contribution in [3.8, 4) is 0 Å². The number of hydrogen-bond acceptors (Lipinski definition) is 4. The van der Waals surface area contributed by atoms with Crippen LogP contribution in [0.5, 0.6) is 0 Å². The molecule has 1 fully saturated rings. The number of hydrogen-bond donors (Lipinski definition) is 1. The fourth-order valence-electron chi connectivity index (χ4n) is 4.45. The number of rotatable bonds is 6. The summed E-state index contributed by atoms with van der Waals surface area (Å²) < 4.78 is 80.3. The van der Waals surface area contributed by atoms with Gasteiger partial charge in [-0.05, 0) is 61.7 Å². The van der Waals surface area contributed by atoms with Crippen molar-refractivity contribution >= 4 is 21.9 Å². The molecule has 0 spiro atoms. The standard InChI is InChI=1S/C24H26F4N2O5S/c1-14-4-6-19(10-18(14)11-23(32)33)36(34,35)30-15(2)12-29(13-16(30)3)22(31)9-17-5-7-20(21(25)8-17)24(26,27)28/h4-8,10,15-16H,9,11-13H2,1-3H3,(H,32,33)/t15-,16?/m0/s1. The van der Waals surface area contributed by atoms with E-state index in [1.807, 2.05) is 0 Å². The minimum atomic E-state index is -4.84. The number of amides is 1. The Bertz CT molecular complexity index is 1270. The SMILES string of the molecule is Cc1ccc(S(=O)(=O)N2C(C)CN(C(=O)Cc3ccc(C(F)(F)F)c(F)c3)C[C@@H]2C)cc1CC(=O)O. The summed E-state index contributed by atoms with van der Waals surface area (Å²) in [5.41, 5.74) is -0.317. The normalized spacial score (nSPS) is 19.4. The molecule has 7 nitrogen and oxygen atoms in total. The number of alkyl halides is 3. The second-order valence-corrected chi connectivity index (χ2v) is 10.8. The third-order valence-electron chi connectivity index (χ3n) is 6.12. The van der Waals surface area contributed by atoms with Crippen molar-refractivity contribution in [3.05, 3.63) is 64.5 Å². The summed E-state index contributed by atoms with van der Waals surface area (Å²) in [4.78, 5) is 25.3. The van der Waals surface area contributed by atoms with Crippen molar-refractivity contribution in [1.29, 1.82) is 0 Å². The Kier molecular flexibility index (Phi) is 7.80. The van der Waals surface area contributed by atoms with Crippen LogP contribution in [0.4, 0.5) is 17.6 Å². The lowest BCUT2D eigenvalue weighted by Gasteiger charge is -2.43. The van der Waals surface area contributed by atoms with Crippen LogP contribution in [0.15, 0.2) is 41.3 Å². The Morgan fingerprint density at radius 1 is 1.03 bits per heavy atom. The molecule has 1 unspecified atom stereocenters. The number of aryl methyl sites for hydroxylation is 1. The molecule has 1 aliphatic heterocycles. The first-order valence-corrected chi connectivity index (χ1v) is 12.5. The number of aliphatic carboxylic acids is 1. The van der Waals surface area contributed by atoms with Gasteiger partial charge in [0.25, 0.3) is 0 Å². The first-order chi connectivity index (χ1) is 16.6. The maximum Gasteiger partial charge on any atom is 0.419 e. The van der Waals surface area contributed by atoms with E-state index in [0.29, 0.717) is 23.3 Å². The van der Waals surface area contributed by atoms with Crippen LogP contribution in [0, 0.1) is 12.7 Å². The zero-order chi connectivity index (χ0) is 27.0. The van der Waals surface area contributed by atoms with Gasteiger partial charge in [-0.25, -0.2) is 12.8 Å². The number of carbonyl (C=O) groups excluding carboxylic acids is 1. The van der Waals surface area contributed by atoms with Gasteiger partial charge in [0, 0.05) is 25.2 Å². The first-order valence-electron chi connectivity index (χ1n) is 11.1. The number of nitrogens with zero attached hydrogens (tertiary/aromatic N) is 2. The summed E-state index contributed by atoms with van der Waals surface area (Å²) in [5, 5.41) is 9.10. The number of carboxylic acid groups (broad SMARTS) is 1. The van der Waals surface area contributed by atoms with Crippen molar-refractivity contribution in [2.75, 3.05) is 13.1 Å². The van der Waals surface area contributed by atoms with E-state index >= 15 is 0 Å². The fourth-order valence-corrected chi connectivity index (χ4v) is 6.31. The lowest BCUT2D eigenvalue weighted by Crippen LogP contribution is -2.59. The van der Waals surface area contributed by atoms with Crippen molar-refractivity contribution in [1.82, 2.24) is 9.21 Å². The number of sulfonamides is 1. The third kappa shape index (κ3) is 5.86. The van der Waals surface area contributed by atoms with Crippen LogP contribution in [0.25, 0.3) is 0 Å². The molecule has 1 N–H and O–H groups in total. The van der Waals surface area contributed by atoms with Gasteiger partial charge in [-0.3, -0.25) is 9.59 Å². The van der Waals surface area contributed by atoms with E-state index in [1.165, 1.54) is 21.3 Å². The molecule has 3 rings (SSSR count). The van der Waals surface area contributed by atoms with Crippen LogP contribution in [0.3, 0.4) is 0 Å². The molecular weight excluding hydrogens is 504 g/mol. The monoisotopic (exact) mass is 530 g/mol. The smallest absolute Gasteiger partial charge is 0.419 e. The lowest BCUT2D eigenvalue weighted by molar-refractivity contribution is -0.140. The van der Waals surface area contributed by atoms with Gasteiger partial charge in [-0.2, -0.15) is 17.5 Å². The Hall–Kier alpha value is -2.99. The maximum atomic E-state index is 13.9. The van der Waals surface area contributed by atoms with Gasteiger partial charge < -0.3 is 10.0 Å². The van der Waals surface area contributed by atoms with Crippen molar-refractivity contribution in [3.63, 3.8) is 0 Å². The highest BCUT2D eigenvalue weighted by Crippen LogP contribution is 2.32. The minimum Gasteiger partial charge on any atom is -0.481 e. The average molecular weight is 531 g/mol. The predicted octanol–water partition coefficient (Wildman–Crippen LogP) is 3.63. The number of carbonyl (C=O) groups is 2. The molecule has 1 saturated heterocycles. The third-order valence-corrected chi connectivity index (χ3v) is 8.25. The zero-order valence-electron chi connectivity index (χ0n) is 19.8. The van der Waals surface area contributed by atoms with Crippen molar-refractivity contribution < 1.29 is 40.7 Å². The summed E-state index contributed by atoms with van der Waals surface area (Å²) in [6, 6.07) is 5.33. The fraction of sp³-hybridized carbons (Fsp3) is 0.417. The molecule has 1 amide bonds. The molecule has 12 heteroatoms. The molecule has 0 aliphatic carbocycles. The minimum absolute atomic E-state index is 0.0271. The van der Waals surface area contributed by atoms with Crippen LogP contribution in [0.2, 0.25) is 0 Å². The van der Waals surface area contributed by atoms with Gasteiger partial charge in [-0.15, -0.1) is 0 Å². The van der Waals surface area contributed by atoms with Crippen molar-refractivity contribution in [2.24, 2.45) is 0 Å². The molecule has 36 heavy (non-hydrogen) atoms. The molecule has 2 aromatic rings. The number of carboxylic acids is 1. The van der Waals surface area contributed by atoms with Crippen LogP contribution < -0.4 is 0 Å². The van der Waals surface area contributed by atoms with Crippen LogP contribution >= 0.6 is 0 Å². The van der Waals surface area contributed by atoms with Gasteiger partial charge in [-0.1, -0.05) is 12.1 Å². The van der Waals surface area contributed by atoms with E-state index in [9.17, 15) is 35.6 Å². The molecule has 196 valence electrons. The Balaban J connectivity index is 1.76. The average Bonchev–Trinajstić information content (AvgIpc) is 2.73. The van der Waals surface area contributed by atoms with E-state index in [1.54, 1.807) is 26.8 Å². The second-order valence-electron chi connectivity index (χ2n) is 8.98. The van der Waals surface area contributed by atoms with Crippen LogP contribution in [-0.4, -0.2) is 59.8 Å². The quantitative estimate of drug-likeness (QED) is 0.576. The molecule has 2 aromatic carbocycles. The summed E-state index contributed by atoms with van der Waals surface area (Å²) in [6.45, 7) is 4.99. The molecule has 0 aromatic heterocycles. The highest BCUT2D eigenvalue weighted by atomic mass is 32.2. The second kappa shape index (κ2) is 10.2. The number of benzene rings is 2. The van der Waals surface area contributed by atoms with Crippen LogP contribution in [0.1, 0.15) is 36.1 Å². The van der Waals surface area contributed by atoms with Gasteiger partial charge in [0.1, 0.15) is 5.82 Å². The van der Waals surface area contributed by atoms with Gasteiger partial charge in [0.05, 0.1) is 23.3 Å². The van der Waals surface area contributed by atoms with Gasteiger partial charge in [0.2, 0.25) is 15.9 Å². The molecule has 0 bridgehead atoms. The lowest BCUT2D eigenvalue weighted by atomic mass is 10.1. The van der Waals surface area contributed by atoms with Gasteiger partial charge in [0.15, 0.2) is 0 Å². The molecule has 1 aliphatic rings. The summed E-state index contributed by atoms with van der Waals surface area (Å²) in [5.74, 6) is -3.02. The first kappa shape index (κ1) is 27.6. The maximum absolute atomic E-state index is 13.9. The molecule has 0 saturated carbocycles. The summed E-state index contributed by atoms with van der Waals surface area (Å²) >= 11 is 0. The van der Waals surface area contributed by atoms with Crippen molar-refractivity contribution in [2.45, 2.75) is 56.8 Å². The highest BCUT2D eigenvalue weighted by molar-refractivity contribution is 7.89. The molecule has 0 radical (unpaired) electrons. The van der Waals surface area contributed by atoms with Gasteiger partial charge >= 0.3 is 12.1 Å². The van der Waals surface area contributed by atoms with E-state index in [4.69, 9.17) is 5.11 Å². The molecule has 2 atom stereocenters. The predicted molar refractivity (Wildman–Crippen MR) is 122 cm³/mol. The van der Waals surface area contributed by atoms with E-state index in [2.05, 4.69) is 0 Å². The van der Waals surface area contributed by atoms with E-state index < -0.39 is 51.5 Å².